The van der Waals surface area contributed by atoms with Crippen LogP contribution >= 0.6 is 0 Å². The second-order valence-corrected chi connectivity index (χ2v) is 4.74. The summed E-state index contributed by atoms with van der Waals surface area (Å²) >= 11 is 0. The van der Waals surface area contributed by atoms with Crippen molar-refractivity contribution in [1.29, 1.82) is 0 Å². The molecule has 0 spiro atoms. The average Bonchev–Trinajstić information content (AvgIpc) is 2.43. The van der Waals surface area contributed by atoms with Crippen LogP contribution in [0.5, 0.6) is 0 Å². The average molecular weight is 190 g/mol. The quantitative estimate of drug-likeness (QED) is 0.721. The Morgan fingerprint density at radius 2 is 2.07 bits per heavy atom. The number of rotatable bonds is 1. The zero-order valence-electron chi connectivity index (χ0n) is 9.12. The predicted molar refractivity (Wildman–Crippen MR) is 58.4 cm³/mol. The molecule has 2 unspecified atom stereocenters. The molecule has 0 bridgehead atoms. The van der Waals surface area contributed by atoms with Crippen molar-refractivity contribution in [2.24, 2.45) is 5.92 Å². The third kappa shape index (κ3) is 1.46. The van der Waals surface area contributed by atoms with Crippen LogP contribution in [0.15, 0.2) is 18.2 Å². The molecule has 1 aliphatic carbocycles. The molecular formula is C13H18O. The minimum absolute atomic E-state index is 0.247. The summed E-state index contributed by atoms with van der Waals surface area (Å²) in [5.41, 5.74) is 3.81. The fourth-order valence-electron chi connectivity index (χ4n) is 2.20. The van der Waals surface area contributed by atoms with E-state index >= 15 is 0 Å². The summed E-state index contributed by atoms with van der Waals surface area (Å²) in [5, 5.41) is 9.96. The third-order valence-corrected chi connectivity index (χ3v) is 3.24. The first-order valence-corrected chi connectivity index (χ1v) is 5.40. The molecule has 0 fully saturated rings. The van der Waals surface area contributed by atoms with Gasteiger partial charge in [0.2, 0.25) is 0 Å². The molecule has 14 heavy (non-hydrogen) atoms. The number of benzene rings is 1. The molecule has 2 atom stereocenters. The molecule has 0 aromatic heterocycles. The first kappa shape index (κ1) is 9.72. The van der Waals surface area contributed by atoms with Crippen LogP contribution in [0.3, 0.4) is 0 Å². The number of fused-ring (bicyclic) bond motifs is 1. The van der Waals surface area contributed by atoms with E-state index in [2.05, 4.69) is 39.0 Å². The van der Waals surface area contributed by atoms with Gasteiger partial charge >= 0.3 is 0 Å². The molecule has 0 aliphatic heterocycles. The normalized spacial score (nSPS) is 25.5. The number of aliphatic hydroxyl groups excluding tert-OH is 1. The molecule has 1 aliphatic rings. The zero-order valence-corrected chi connectivity index (χ0v) is 9.12. The van der Waals surface area contributed by atoms with Gasteiger partial charge < -0.3 is 5.11 Å². The van der Waals surface area contributed by atoms with Gasteiger partial charge in [-0.1, -0.05) is 39.0 Å². The van der Waals surface area contributed by atoms with Crippen molar-refractivity contribution in [1.82, 2.24) is 0 Å². The van der Waals surface area contributed by atoms with Crippen LogP contribution in [0.4, 0.5) is 0 Å². The van der Waals surface area contributed by atoms with Gasteiger partial charge in [0.15, 0.2) is 0 Å². The standard InChI is InChI=1S/C13H18O/c1-8(2)10-4-5-11-6-9(3)13(14)12(11)7-10/h4-5,7-9,13-14H,6H2,1-3H3. The number of hydrogen-bond acceptors (Lipinski definition) is 1. The molecule has 1 nitrogen and oxygen atoms in total. The van der Waals surface area contributed by atoms with Crippen molar-refractivity contribution in [3.05, 3.63) is 34.9 Å². The van der Waals surface area contributed by atoms with Crippen LogP contribution in [0.2, 0.25) is 0 Å². The van der Waals surface area contributed by atoms with E-state index in [4.69, 9.17) is 0 Å². The maximum atomic E-state index is 9.96. The second-order valence-electron chi connectivity index (χ2n) is 4.74. The van der Waals surface area contributed by atoms with Crippen molar-refractivity contribution in [3.8, 4) is 0 Å². The Morgan fingerprint density at radius 3 is 2.71 bits per heavy atom. The molecule has 0 radical (unpaired) electrons. The van der Waals surface area contributed by atoms with E-state index in [9.17, 15) is 5.11 Å². The molecule has 0 saturated heterocycles. The van der Waals surface area contributed by atoms with Gasteiger partial charge in [0.1, 0.15) is 0 Å². The van der Waals surface area contributed by atoms with Crippen molar-refractivity contribution in [2.45, 2.75) is 39.2 Å². The van der Waals surface area contributed by atoms with Crippen molar-refractivity contribution >= 4 is 0 Å². The number of hydrogen-bond donors (Lipinski definition) is 1. The smallest absolute Gasteiger partial charge is 0.0821 e. The molecule has 1 N–H and O–H groups in total. The van der Waals surface area contributed by atoms with Crippen LogP contribution in [-0.4, -0.2) is 5.11 Å². The lowest BCUT2D eigenvalue weighted by Gasteiger charge is -2.11. The largest absolute Gasteiger partial charge is 0.388 e. The van der Waals surface area contributed by atoms with E-state index in [0.717, 1.165) is 12.0 Å². The van der Waals surface area contributed by atoms with E-state index in [-0.39, 0.29) is 6.10 Å². The van der Waals surface area contributed by atoms with Gasteiger partial charge in [0, 0.05) is 0 Å². The molecule has 0 saturated carbocycles. The molecular weight excluding hydrogens is 172 g/mol. The van der Waals surface area contributed by atoms with E-state index in [1.807, 2.05) is 0 Å². The molecule has 2 rings (SSSR count). The van der Waals surface area contributed by atoms with E-state index in [0.29, 0.717) is 11.8 Å². The van der Waals surface area contributed by atoms with E-state index < -0.39 is 0 Å². The monoisotopic (exact) mass is 190 g/mol. The van der Waals surface area contributed by atoms with Gasteiger partial charge in [0.25, 0.3) is 0 Å². The van der Waals surface area contributed by atoms with Gasteiger partial charge in [-0.15, -0.1) is 0 Å². The van der Waals surface area contributed by atoms with Crippen LogP contribution in [-0.2, 0) is 6.42 Å². The van der Waals surface area contributed by atoms with Crippen LogP contribution in [0.25, 0.3) is 0 Å². The first-order chi connectivity index (χ1) is 6.59. The second kappa shape index (κ2) is 3.39. The summed E-state index contributed by atoms with van der Waals surface area (Å²) in [6, 6.07) is 6.54. The summed E-state index contributed by atoms with van der Waals surface area (Å²) in [6.07, 6.45) is 0.776. The minimum atomic E-state index is -0.247. The minimum Gasteiger partial charge on any atom is -0.388 e. The van der Waals surface area contributed by atoms with Crippen LogP contribution in [0, 0.1) is 5.92 Å². The van der Waals surface area contributed by atoms with Gasteiger partial charge in [-0.3, -0.25) is 0 Å². The molecule has 1 aromatic rings. The Kier molecular flexibility index (Phi) is 2.36. The predicted octanol–water partition coefficient (Wildman–Crippen LogP) is 3.04. The van der Waals surface area contributed by atoms with Gasteiger partial charge in [-0.25, -0.2) is 0 Å². The summed E-state index contributed by atoms with van der Waals surface area (Å²) in [5.74, 6) is 0.927. The highest BCUT2D eigenvalue weighted by molar-refractivity contribution is 5.38. The van der Waals surface area contributed by atoms with E-state index in [1.165, 1.54) is 11.1 Å². The fourth-order valence-corrected chi connectivity index (χ4v) is 2.20. The Morgan fingerprint density at radius 1 is 1.36 bits per heavy atom. The maximum absolute atomic E-state index is 9.96. The fraction of sp³-hybridized carbons (Fsp3) is 0.538. The van der Waals surface area contributed by atoms with Crippen LogP contribution in [0.1, 0.15) is 49.5 Å². The Hall–Kier alpha value is -0.820. The highest BCUT2D eigenvalue weighted by Crippen LogP contribution is 2.37. The Labute approximate surface area is 85.8 Å². The van der Waals surface area contributed by atoms with Crippen molar-refractivity contribution in [2.75, 3.05) is 0 Å². The van der Waals surface area contributed by atoms with Crippen molar-refractivity contribution < 1.29 is 5.11 Å². The molecule has 0 heterocycles. The van der Waals surface area contributed by atoms with Gasteiger partial charge in [-0.05, 0) is 34.9 Å². The van der Waals surface area contributed by atoms with Gasteiger partial charge in [-0.2, -0.15) is 0 Å². The molecule has 0 amide bonds. The highest BCUT2D eigenvalue weighted by atomic mass is 16.3. The zero-order chi connectivity index (χ0) is 10.3. The molecule has 76 valence electrons. The lowest BCUT2D eigenvalue weighted by atomic mass is 9.98. The van der Waals surface area contributed by atoms with Crippen molar-refractivity contribution in [3.63, 3.8) is 0 Å². The first-order valence-electron chi connectivity index (χ1n) is 5.40. The lowest BCUT2D eigenvalue weighted by molar-refractivity contribution is 0.133. The van der Waals surface area contributed by atoms with E-state index in [1.54, 1.807) is 0 Å². The summed E-state index contributed by atoms with van der Waals surface area (Å²) in [6.45, 7) is 6.48. The Bertz CT molecular complexity index is 341. The SMILES string of the molecule is CC(C)c1ccc2c(c1)C(O)C(C)C2. The van der Waals surface area contributed by atoms with Crippen LogP contribution < -0.4 is 0 Å². The summed E-state index contributed by atoms with van der Waals surface area (Å²) in [4.78, 5) is 0. The summed E-state index contributed by atoms with van der Waals surface area (Å²) < 4.78 is 0. The molecule has 1 heteroatoms. The third-order valence-electron chi connectivity index (χ3n) is 3.24. The topological polar surface area (TPSA) is 20.2 Å². The summed E-state index contributed by atoms with van der Waals surface area (Å²) in [7, 11) is 0. The maximum Gasteiger partial charge on any atom is 0.0821 e. The Balaban J connectivity index is 2.41. The molecule has 1 aromatic carbocycles. The number of aliphatic hydroxyl groups is 1. The highest BCUT2D eigenvalue weighted by Gasteiger charge is 2.27. The lowest BCUT2D eigenvalue weighted by Crippen LogP contribution is -2.01. The van der Waals surface area contributed by atoms with Gasteiger partial charge in [0.05, 0.1) is 6.10 Å².